The molecule has 1 fully saturated rings. The third kappa shape index (κ3) is 4.53. The Morgan fingerprint density at radius 1 is 1.40 bits per heavy atom. The lowest BCUT2D eigenvalue weighted by atomic mass is 10.0. The van der Waals surface area contributed by atoms with Gasteiger partial charge in [-0.05, 0) is 50.4 Å². The summed E-state index contributed by atoms with van der Waals surface area (Å²) in [4.78, 5) is 10.5. The summed E-state index contributed by atoms with van der Waals surface area (Å²) in [5.74, 6) is 0.0891. The number of aryl methyl sites for hydroxylation is 1. The van der Waals surface area contributed by atoms with Gasteiger partial charge in [0.1, 0.15) is 11.9 Å². The van der Waals surface area contributed by atoms with Gasteiger partial charge in [-0.3, -0.25) is 4.79 Å². The monoisotopic (exact) mass is 277 g/mol. The Kier molecular flexibility index (Phi) is 5.41. The summed E-state index contributed by atoms with van der Waals surface area (Å²) in [6, 6.07) is 8.17. The van der Waals surface area contributed by atoms with Gasteiger partial charge in [0.2, 0.25) is 0 Å². The molecule has 0 saturated carbocycles. The highest BCUT2D eigenvalue weighted by Crippen LogP contribution is 2.18. The topological polar surface area (TPSA) is 58.6 Å². The predicted octanol–water partition coefficient (Wildman–Crippen LogP) is 2.61. The van der Waals surface area contributed by atoms with Crippen LogP contribution in [0.4, 0.5) is 0 Å². The summed E-state index contributed by atoms with van der Waals surface area (Å²) in [6.07, 6.45) is 4.57. The first-order valence-corrected chi connectivity index (χ1v) is 7.36. The smallest absolute Gasteiger partial charge is 0.303 e. The molecule has 0 bridgehead atoms. The second-order valence-electron chi connectivity index (χ2n) is 5.42. The molecule has 1 saturated heterocycles. The summed E-state index contributed by atoms with van der Waals surface area (Å²) in [5.41, 5.74) is 1.03. The molecule has 2 N–H and O–H groups in total. The van der Waals surface area contributed by atoms with E-state index in [1.807, 2.05) is 24.3 Å². The molecule has 110 valence electrons. The van der Waals surface area contributed by atoms with Gasteiger partial charge in [-0.1, -0.05) is 18.6 Å². The Hall–Kier alpha value is -1.55. The second kappa shape index (κ2) is 7.29. The number of piperidine rings is 1. The van der Waals surface area contributed by atoms with Crippen molar-refractivity contribution in [2.24, 2.45) is 0 Å². The summed E-state index contributed by atoms with van der Waals surface area (Å²) < 4.78 is 5.96. The van der Waals surface area contributed by atoms with Crippen molar-refractivity contribution in [2.45, 2.75) is 51.2 Å². The third-order valence-electron chi connectivity index (χ3n) is 3.79. The van der Waals surface area contributed by atoms with E-state index in [0.29, 0.717) is 12.5 Å². The predicted molar refractivity (Wildman–Crippen MR) is 78.1 cm³/mol. The van der Waals surface area contributed by atoms with Crippen molar-refractivity contribution in [3.8, 4) is 5.75 Å². The van der Waals surface area contributed by atoms with Crippen molar-refractivity contribution in [1.29, 1.82) is 0 Å². The summed E-state index contributed by atoms with van der Waals surface area (Å²) in [5, 5.41) is 12.2. The molecule has 2 unspecified atom stereocenters. The van der Waals surface area contributed by atoms with Gasteiger partial charge in [0, 0.05) is 12.5 Å². The molecule has 0 amide bonds. The molecule has 1 aromatic carbocycles. The maximum Gasteiger partial charge on any atom is 0.303 e. The molecule has 2 rings (SSSR count). The van der Waals surface area contributed by atoms with Crippen LogP contribution >= 0.6 is 0 Å². The van der Waals surface area contributed by atoms with Crippen LogP contribution in [0.5, 0.6) is 5.75 Å². The average Bonchev–Trinajstić information content (AvgIpc) is 2.47. The lowest BCUT2D eigenvalue weighted by Gasteiger charge is -2.29. The number of nitrogens with one attached hydrogen (secondary N) is 1. The van der Waals surface area contributed by atoms with Gasteiger partial charge in [-0.25, -0.2) is 0 Å². The van der Waals surface area contributed by atoms with E-state index in [2.05, 4.69) is 12.2 Å². The van der Waals surface area contributed by atoms with Gasteiger partial charge in [-0.2, -0.15) is 0 Å². The minimum Gasteiger partial charge on any atom is -0.489 e. The van der Waals surface area contributed by atoms with Crippen molar-refractivity contribution >= 4 is 5.97 Å². The first-order valence-electron chi connectivity index (χ1n) is 7.36. The van der Waals surface area contributed by atoms with Crippen molar-refractivity contribution in [2.75, 3.05) is 6.54 Å². The Morgan fingerprint density at radius 2 is 2.15 bits per heavy atom. The zero-order valence-corrected chi connectivity index (χ0v) is 12.0. The number of carbonyl (C=O) groups is 1. The summed E-state index contributed by atoms with van der Waals surface area (Å²) in [6.45, 7) is 3.17. The minimum atomic E-state index is -0.762. The molecule has 1 heterocycles. The fraction of sp³-hybridized carbons (Fsp3) is 0.562. The van der Waals surface area contributed by atoms with E-state index < -0.39 is 5.97 Å². The lowest BCUT2D eigenvalue weighted by Crippen LogP contribution is -2.44. The van der Waals surface area contributed by atoms with Gasteiger partial charge in [0.25, 0.3) is 0 Å². The molecule has 4 heteroatoms. The normalized spacial score (nSPS) is 20.4. The van der Waals surface area contributed by atoms with Crippen LogP contribution in [0.15, 0.2) is 24.3 Å². The van der Waals surface area contributed by atoms with Gasteiger partial charge < -0.3 is 15.2 Å². The number of carboxylic acid groups (broad SMARTS) is 1. The van der Waals surface area contributed by atoms with E-state index in [0.717, 1.165) is 24.3 Å². The molecule has 1 aromatic rings. The molecule has 4 nitrogen and oxygen atoms in total. The van der Waals surface area contributed by atoms with Crippen LogP contribution in [-0.2, 0) is 11.2 Å². The van der Waals surface area contributed by atoms with E-state index in [1.54, 1.807) is 0 Å². The van der Waals surface area contributed by atoms with E-state index in [9.17, 15) is 4.79 Å². The zero-order chi connectivity index (χ0) is 14.4. The van der Waals surface area contributed by atoms with Crippen LogP contribution in [0.25, 0.3) is 0 Å². The maximum atomic E-state index is 10.5. The fourth-order valence-electron chi connectivity index (χ4n) is 2.56. The number of hydrogen-bond acceptors (Lipinski definition) is 3. The van der Waals surface area contributed by atoms with Crippen LogP contribution in [0.2, 0.25) is 0 Å². The molecule has 0 radical (unpaired) electrons. The van der Waals surface area contributed by atoms with Crippen LogP contribution < -0.4 is 10.1 Å². The highest BCUT2D eigenvalue weighted by Gasteiger charge is 2.20. The van der Waals surface area contributed by atoms with Crippen LogP contribution in [0.1, 0.15) is 38.2 Å². The second-order valence-corrected chi connectivity index (χ2v) is 5.42. The molecule has 20 heavy (non-hydrogen) atoms. The average molecular weight is 277 g/mol. The number of ether oxygens (including phenoxy) is 1. The summed E-state index contributed by atoms with van der Waals surface area (Å²) >= 11 is 0. The number of rotatable bonds is 6. The van der Waals surface area contributed by atoms with E-state index in [1.165, 1.54) is 12.8 Å². The Morgan fingerprint density at radius 3 is 2.75 bits per heavy atom. The molecule has 0 spiro atoms. The Bertz CT molecular complexity index is 424. The van der Waals surface area contributed by atoms with Gasteiger partial charge in [-0.15, -0.1) is 0 Å². The third-order valence-corrected chi connectivity index (χ3v) is 3.79. The standard InChI is InChI=1S/C16H23NO3/c1-12(15-4-2-3-11-17-15)20-14-8-5-13(6-9-14)7-10-16(18)19/h5-6,8-9,12,15,17H,2-4,7,10-11H2,1H3,(H,18,19). The SMILES string of the molecule is CC(Oc1ccc(CCC(=O)O)cc1)C1CCCCN1. The van der Waals surface area contributed by atoms with Gasteiger partial charge in [0.05, 0.1) is 0 Å². The molecule has 1 aliphatic heterocycles. The number of carboxylic acids is 1. The van der Waals surface area contributed by atoms with Crippen molar-refractivity contribution < 1.29 is 14.6 Å². The molecule has 0 aliphatic carbocycles. The van der Waals surface area contributed by atoms with Crippen molar-refractivity contribution in [3.05, 3.63) is 29.8 Å². The first kappa shape index (κ1) is 14.9. The highest BCUT2D eigenvalue weighted by molar-refractivity contribution is 5.67. The quantitative estimate of drug-likeness (QED) is 0.839. The molecular weight excluding hydrogens is 254 g/mol. The van der Waals surface area contributed by atoms with Crippen LogP contribution in [-0.4, -0.2) is 29.8 Å². The van der Waals surface area contributed by atoms with Crippen molar-refractivity contribution in [1.82, 2.24) is 5.32 Å². The Balaban J connectivity index is 1.84. The van der Waals surface area contributed by atoms with Crippen LogP contribution in [0, 0.1) is 0 Å². The van der Waals surface area contributed by atoms with E-state index in [-0.39, 0.29) is 12.5 Å². The highest BCUT2D eigenvalue weighted by atomic mass is 16.5. The van der Waals surface area contributed by atoms with E-state index in [4.69, 9.17) is 9.84 Å². The van der Waals surface area contributed by atoms with Gasteiger partial charge >= 0.3 is 5.97 Å². The fourth-order valence-corrected chi connectivity index (χ4v) is 2.56. The number of benzene rings is 1. The zero-order valence-electron chi connectivity index (χ0n) is 12.0. The molecule has 2 atom stereocenters. The first-order chi connectivity index (χ1) is 9.65. The van der Waals surface area contributed by atoms with Gasteiger partial charge in [0.15, 0.2) is 0 Å². The maximum absolute atomic E-state index is 10.5. The molecular formula is C16H23NO3. The van der Waals surface area contributed by atoms with Crippen molar-refractivity contribution in [3.63, 3.8) is 0 Å². The summed E-state index contributed by atoms with van der Waals surface area (Å²) in [7, 11) is 0. The lowest BCUT2D eigenvalue weighted by molar-refractivity contribution is -0.136. The van der Waals surface area contributed by atoms with Crippen LogP contribution in [0.3, 0.4) is 0 Å². The van der Waals surface area contributed by atoms with E-state index >= 15 is 0 Å². The molecule has 0 aromatic heterocycles. The number of aliphatic carboxylic acids is 1. The minimum absolute atomic E-state index is 0.153. The largest absolute Gasteiger partial charge is 0.489 e. The number of hydrogen-bond donors (Lipinski definition) is 2. The Labute approximate surface area is 120 Å². The molecule has 1 aliphatic rings.